The van der Waals surface area contributed by atoms with Crippen LogP contribution in [0.3, 0.4) is 0 Å². The second-order valence-electron chi connectivity index (χ2n) is 7.31. The SMILES string of the molecule is C/C(=C\[C@H](O)C[C@](C)(O)[C@@H](O)COc1c2ccoc2cc2oc(=O)ccc12)C(=O)O. The molecule has 0 aliphatic rings. The van der Waals surface area contributed by atoms with Crippen molar-refractivity contribution in [3.63, 3.8) is 0 Å². The second kappa shape index (κ2) is 8.31. The Bertz CT molecular complexity index is 1150. The summed E-state index contributed by atoms with van der Waals surface area (Å²) in [5.41, 5.74) is -1.74. The first-order valence-electron chi connectivity index (χ1n) is 9.15. The van der Waals surface area contributed by atoms with E-state index in [0.29, 0.717) is 22.1 Å². The Balaban J connectivity index is 1.81. The van der Waals surface area contributed by atoms with Gasteiger partial charge in [-0.3, -0.25) is 0 Å². The van der Waals surface area contributed by atoms with Crippen molar-refractivity contribution >= 4 is 27.9 Å². The lowest BCUT2D eigenvalue weighted by atomic mass is 9.91. The van der Waals surface area contributed by atoms with Gasteiger partial charge in [-0.1, -0.05) is 0 Å². The van der Waals surface area contributed by atoms with Crippen LogP contribution < -0.4 is 10.4 Å². The number of carboxylic acids is 1. The van der Waals surface area contributed by atoms with Gasteiger partial charge in [-0.05, 0) is 32.1 Å². The van der Waals surface area contributed by atoms with Gasteiger partial charge in [-0.15, -0.1) is 0 Å². The number of aliphatic hydroxyl groups excluding tert-OH is 2. The predicted molar refractivity (Wildman–Crippen MR) is 106 cm³/mol. The molecule has 0 spiro atoms. The van der Waals surface area contributed by atoms with Gasteiger partial charge in [-0.25, -0.2) is 9.59 Å². The zero-order valence-corrected chi connectivity index (χ0v) is 16.4. The molecule has 0 aliphatic heterocycles. The number of benzene rings is 1. The number of hydrogen-bond donors (Lipinski definition) is 4. The topological polar surface area (TPSA) is 151 Å². The lowest BCUT2D eigenvalue weighted by Crippen LogP contribution is -2.45. The van der Waals surface area contributed by atoms with E-state index in [0.717, 1.165) is 6.08 Å². The third-order valence-electron chi connectivity index (χ3n) is 4.81. The van der Waals surface area contributed by atoms with Gasteiger partial charge in [0.15, 0.2) is 0 Å². The number of carboxylic acid groups (broad SMARTS) is 1. The van der Waals surface area contributed by atoms with Crippen LogP contribution in [-0.2, 0) is 4.79 Å². The molecule has 9 nitrogen and oxygen atoms in total. The monoisotopic (exact) mass is 418 g/mol. The summed E-state index contributed by atoms with van der Waals surface area (Å²) in [6.07, 6.45) is -0.481. The minimum atomic E-state index is -1.78. The molecule has 0 aliphatic carbocycles. The highest BCUT2D eigenvalue weighted by atomic mass is 16.5. The molecule has 1 aromatic carbocycles. The molecule has 0 fully saturated rings. The normalized spacial score (nSPS) is 16.4. The van der Waals surface area contributed by atoms with Crippen LogP contribution in [0.5, 0.6) is 5.75 Å². The van der Waals surface area contributed by atoms with Crippen LogP contribution in [0.1, 0.15) is 20.3 Å². The lowest BCUT2D eigenvalue weighted by molar-refractivity contribution is -0.132. The van der Waals surface area contributed by atoms with Gasteiger partial charge < -0.3 is 34.0 Å². The zero-order chi connectivity index (χ0) is 22.1. The van der Waals surface area contributed by atoms with Gasteiger partial charge in [0, 0.05) is 24.1 Å². The fraction of sp³-hybridized carbons (Fsp3) is 0.333. The molecule has 3 aromatic rings. The van der Waals surface area contributed by atoms with E-state index in [-0.39, 0.29) is 24.2 Å². The van der Waals surface area contributed by atoms with Crippen molar-refractivity contribution < 1.29 is 38.8 Å². The van der Waals surface area contributed by atoms with Crippen LogP contribution in [-0.4, -0.2) is 50.8 Å². The molecule has 3 atom stereocenters. The van der Waals surface area contributed by atoms with Gasteiger partial charge in [0.25, 0.3) is 0 Å². The first kappa shape index (κ1) is 21.6. The summed E-state index contributed by atoms with van der Waals surface area (Å²) in [7, 11) is 0. The number of furan rings is 1. The average Bonchev–Trinajstić information content (AvgIpc) is 3.12. The second-order valence-corrected chi connectivity index (χ2v) is 7.31. The van der Waals surface area contributed by atoms with E-state index < -0.39 is 29.4 Å². The van der Waals surface area contributed by atoms with Gasteiger partial charge in [0.2, 0.25) is 0 Å². The molecule has 2 aromatic heterocycles. The Kier molecular flexibility index (Phi) is 5.97. The lowest BCUT2D eigenvalue weighted by Gasteiger charge is -2.30. The first-order valence-corrected chi connectivity index (χ1v) is 9.15. The van der Waals surface area contributed by atoms with Gasteiger partial charge >= 0.3 is 11.6 Å². The summed E-state index contributed by atoms with van der Waals surface area (Å²) in [4.78, 5) is 22.4. The highest BCUT2D eigenvalue weighted by Crippen LogP contribution is 2.35. The van der Waals surface area contributed by atoms with Crippen LogP contribution in [0.25, 0.3) is 21.9 Å². The molecule has 4 N–H and O–H groups in total. The average molecular weight is 418 g/mol. The third-order valence-corrected chi connectivity index (χ3v) is 4.81. The highest BCUT2D eigenvalue weighted by Gasteiger charge is 2.33. The largest absolute Gasteiger partial charge is 0.489 e. The van der Waals surface area contributed by atoms with Gasteiger partial charge in [0.1, 0.15) is 29.6 Å². The molecule has 160 valence electrons. The number of rotatable bonds is 8. The Morgan fingerprint density at radius 3 is 2.63 bits per heavy atom. The minimum absolute atomic E-state index is 0.0800. The van der Waals surface area contributed by atoms with Crippen molar-refractivity contribution in [1.82, 2.24) is 0 Å². The number of aliphatic carboxylic acids is 1. The Morgan fingerprint density at radius 2 is 1.93 bits per heavy atom. The Hall–Kier alpha value is -3.14. The molecule has 0 amide bonds. The van der Waals surface area contributed by atoms with Crippen LogP contribution in [0.15, 0.2) is 55.8 Å². The third kappa shape index (κ3) is 4.54. The summed E-state index contributed by atoms with van der Waals surface area (Å²) in [6, 6.07) is 5.97. The standard InChI is InChI=1S/C21H22O9/c1-11(20(25)26)7-12(22)9-21(2,27)17(23)10-29-19-13-3-4-18(24)30-16(13)8-15-14(19)5-6-28-15/h3-8,12,17,22-23,27H,9-10H2,1-2H3,(H,25,26)/b11-7+/t12-,17-,21-/m0/s1. The van der Waals surface area contributed by atoms with E-state index in [2.05, 4.69) is 0 Å². The fourth-order valence-electron chi connectivity index (χ4n) is 3.09. The molecule has 0 unspecified atom stereocenters. The van der Waals surface area contributed by atoms with Gasteiger partial charge in [0.05, 0.1) is 28.7 Å². The van der Waals surface area contributed by atoms with Crippen molar-refractivity contribution in [2.75, 3.05) is 6.61 Å². The maximum absolute atomic E-state index is 11.5. The van der Waals surface area contributed by atoms with Crippen molar-refractivity contribution in [3.8, 4) is 5.75 Å². The van der Waals surface area contributed by atoms with E-state index >= 15 is 0 Å². The maximum Gasteiger partial charge on any atom is 0.336 e. The molecule has 0 saturated carbocycles. The van der Waals surface area contributed by atoms with Gasteiger partial charge in [-0.2, -0.15) is 0 Å². The Morgan fingerprint density at radius 1 is 1.23 bits per heavy atom. The predicted octanol–water partition coefficient (Wildman–Crippen LogP) is 1.81. The summed E-state index contributed by atoms with van der Waals surface area (Å²) in [5, 5.41) is 41.0. The van der Waals surface area contributed by atoms with E-state index in [1.807, 2.05) is 0 Å². The number of aliphatic hydroxyl groups is 3. The fourth-order valence-corrected chi connectivity index (χ4v) is 3.09. The van der Waals surface area contributed by atoms with Crippen LogP contribution in [0.2, 0.25) is 0 Å². The smallest absolute Gasteiger partial charge is 0.336 e. The van der Waals surface area contributed by atoms with E-state index in [1.165, 1.54) is 32.2 Å². The maximum atomic E-state index is 11.5. The molecular formula is C21H22O9. The number of ether oxygens (including phenoxy) is 1. The molecule has 0 radical (unpaired) electrons. The number of carbonyl (C=O) groups is 1. The molecule has 0 saturated heterocycles. The van der Waals surface area contributed by atoms with Crippen molar-refractivity contribution in [2.24, 2.45) is 0 Å². The van der Waals surface area contributed by atoms with Crippen LogP contribution in [0, 0.1) is 0 Å². The summed E-state index contributed by atoms with van der Waals surface area (Å²) in [6.45, 7) is 2.28. The highest BCUT2D eigenvalue weighted by molar-refractivity contribution is 6.01. The number of fused-ring (bicyclic) bond motifs is 2. The van der Waals surface area contributed by atoms with E-state index in [1.54, 1.807) is 12.1 Å². The van der Waals surface area contributed by atoms with E-state index in [4.69, 9.17) is 18.7 Å². The molecule has 30 heavy (non-hydrogen) atoms. The molecule has 9 heteroatoms. The zero-order valence-electron chi connectivity index (χ0n) is 16.4. The van der Waals surface area contributed by atoms with Crippen molar-refractivity contribution in [1.29, 1.82) is 0 Å². The molecular weight excluding hydrogens is 396 g/mol. The van der Waals surface area contributed by atoms with Crippen LogP contribution in [0.4, 0.5) is 0 Å². The summed E-state index contributed by atoms with van der Waals surface area (Å²) in [5.74, 6) is -0.888. The first-order chi connectivity index (χ1) is 14.1. The summed E-state index contributed by atoms with van der Waals surface area (Å²) < 4.78 is 16.3. The Labute approximate surface area is 170 Å². The quantitative estimate of drug-likeness (QED) is 0.317. The summed E-state index contributed by atoms with van der Waals surface area (Å²) >= 11 is 0. The van der Waals surface area contributed by atoms with Crippen molar-refractivity contribution in [2.45, 2.75) is 38.1 Å². The van der Waals surface area contributed by atoms with Crippen molar-refractivity contribution in [3.05, 3.63) is 52.6 Å². The number of hydrogen-bond acceptors (Lipinski definition) is 8. The van der Waals surface area contributed by atoms with E-state index in [9.17, 15) is 24.9 Å². The molecule has 0 bridgehead atoms. The van der Waals surface area contributed by atoms with Crippen LogP contribution >= 0.6 is 0 Å². The minimum Gasteiger partial charge on any atom is -0.489 e. The molecule has 3 rings (SSSR count). The molecule has 2 heterocycles.